The summed E-state index contributed by atoms with van der Waals surface area (Å²) in [6.45, 7) is 0. The minimum atomic E-state index is -3.26. The summed E-state index contributed by atoms with van der Waals surface area (Å²) >= 11 is 5.60. The van der Waals surface area contributed by atoms with Crippen molar-refractivity contribution >= 4 is 33.0 Å². The molecule has 0 saturated carbocycles. The highest BCUT2D eigenvalue weighted by Gasteiger charge is 2.19. The molecule has 1 aromatic carbocycles. The highest BCUT2D eigenvalue weighted by molar-refractivity contribution is 7.90. The van der Waals surface area contributed by atoms with Crippen LogP contribution in [0, 0.1) is 11.6 Å². The Labute approximate surface area is 120 Å². The molecule has 0 aliphatic carbocycles. The molecule has 0 aromatic heterocycles. The maximum Gasteiger partial charge on any atom is 0.241 e. The van der Waals surface area contributed by atoms with E-state index >= 15 is 0 Å². The number of nitrogens with one attached hydrogen (secondary N) is 1. The molecule has 1 rings (SSSR count). The van der Waals surface area contributed by atoms with Gasteiger partial charge in [-0.15, -0.1) is 0 Å². The van der Waals surface area contributed by atoms with Gasteiger partial charge in [0.05, 0.1) is 22.5 Å². The molecule has 1 aromatic rings. The van der Waals surface area contributed by atoms with Crippen LogP contribution in [0.2, 0.25) is 5.02 Å². The van der Waals surface area contributed by atoms with E-state index in [2.05, 4.69) is 5.32 Å². The summed E-state index contributed by atoms with van der Waals surface area (Å²) in [6, 6.07) is 0.247. The fourth-order valence-electron chi connectivity index (χ4n) is 1.35. The van der Waals surface area contributed by atoms with Crippen LogP contribution in [0.3, 0.4) is 0 Å². The zero-order chi connectivity index (χ0) is 15.5. The Morgan fingerprint density at radius 1 is 1.45 bits per heavy atom. The summed E-state index contributed by atoms with van der Waals surface area (Å²) < 4.78 is 48.2. The highest BCUT2D eigenvalue weighted by Crippen LogP contribution is 2.26. The van der Waals surface area contributed by atoms with Crippen LogP contribution in [0.15, 0.2) is 12.1 Å². The Morgan fingerprint density at radius 2 is 2.05 bits per heavy atom. The number of rotatable bonds is 5. The Bertz CT molecular complexity index is 599. The molecule has 0 aliphatic rings. The van der Waals surface area contributed by atoms with Crippen LogP contribution in [0.25, 0.3) is 0 Å². The quantitative estimate of drug-likeness (QED) is 0.854. The standard InChI is InChI=1S/C11H13ClF2N2O3S/c1-20(18,19)3-2-9(15)11(17)16-10-7(12)4-6(13)5-8(10)14/h4-5,9H,2-3,15H2,1H3,(H,16,17). The predicted octanol–water partition coefficient (Wildman–Crippen LogP) is 1.32. The van der Waals surface area contributed by atoms with Gasteiger partial charge in [-0.2, -0.15) is 0 Å². The van der Waals surface area contributed by atoms with Gasteiger partial charge >= 0.3 is 0 Å². The van der Waals surface area contributed by atoms with E-state index in [1.165, 1.54) is 0 Å². The number of nitrogens with two attached hydrogens (primary N) is 1. The van der Waals surface area contributed by atoms with Gasteiger partial charge in [-0.3, -0.25) is 4.79 Å². The number of anilines is 1. The summed E-state index contributed by atoms with van der Waals surface area (Å²) in [4.78, 5) is 11.7. The van der Waals surface area contributed by atoms with Gasteiger partial charge in [0.2, 0.25) is 5.91 Å². The maximum atomic E-state index is 13.4. The van der Waals surface area contributed by atoms with E-state index in [1.807, 2.05) is 0 Å². The van der Waals surface area contributed by atoms with Crippen molar-refractivity contribution < 1.29 is 22.0 Å². The van der Waals surface area contributed by atoms with Gasteiger partial charge in [0.1, 0.15) is 15.7 Å². The lowest BCUT2D eigenvalue weighted by atomic mass is 10.2. The van der Waals surface area contributed by atoms with Gasteiger partial charge in [0, 0.05) is 12.3 Å². The largest absolute Gasteiger partial charge is 0.321 e. The van der Waals surface area contributed by atoms with Crippen LogP contribution < -0.4 is 11.1 Å². The number of sulfone groups is 1. The first kappa shape index (κ1) is 16.8. The van der Waals surface area contributed by atoms with Crippen molar-refractivity contribution in [3.8, 4) is 0 Å². The van der Waals surface area contributed by atoms with E-state index < -0.39 is 39.1 Å². The minimum Gasteiger partial charge on any atom is -0.321 e. The number of benzene rings is 1. The Kier molecular flexibility index (Phi) is 5.43. The second kappa shape index (κ2) is 6.47. The number of hydrogen-bond donors (Lipinski definition) is 2. The molecule has 0 spiro atoms. The third kappa shape index (κ3) is 5.03. The van der Waals surface area contributed by atoms with Gasteiger partial charge in [0.25, 0.3) is 0 Å². The molecule has 0 aliphatic heterocycles. The number of carbonyl (C=O) groups excluding carboxylic acids is 1. The zero-order valence-electron chi connectivity index (χ0n) is 10.5. The number of halogens is 3. The number of amides is 1. The van der Waals surface area contributed by atoms with Crippen molar-refractivity contribution in [1.82, 2.24) is 0 Å². The van der Waals surface area contributed by atoms with Gasteiger partial charge in [-0.1, -0.05) is 11.6 Å². The van der Waals surface area contributed by atoms with Crippen molar-refractivity contribution in [1.29, 1.82) is 0 Å². The van der Waals surface area contributed by atoms with E-state index in [1.54, 1.807) is 0 Å². The van der Waals surface area contributed by atoms with E-state index in [-0.39, 0.29) is 17.2 Å². The summed E-state index contributed by atoms with van der Waals surface area (Å²) in [5, 5.41) is 1.80. The van der Waals surface area contributed by atoms with E-state index in [0.29, 0.717) is 6.07 Å². The molecule has 0 heterocycles. The van der Waals surface area contributed by atoms with E-state index in [4.69, 9.17) is 17.3 Å². The van der Waals surface area contributed by atoms with Crippen molar-refractivity contribution in [3.05, 3.63) is 28.8 Å². The van der Waals surface area contributed by atoms with Gasteiger partial charge in [-0.25, -0.2) is 17.2 Å². The van der Waals surface area contributed by atoms with Crippen LogP contribution in [0.1, 0.15) is 6.42 Å². The van der Waals surface area contributed by atoms with Gasteiger partial charge in [0.15, 0.2) is 5.82 Å². The SMILES string of the molecule is CS(=O)(=O)CCC(N)C(=O)Nc1c(F)cc(F)cc1Cl. The Balaban J connectivity index is 2.76. The average Bonchev–Trinajstić information content (AvgIpc) is 2.29. The molecule has 0 radical (unpaired) electrons. The number of hydrogen-bond acceptors (Lipinski definition) is 4. The van der Waals surface area contributed by atoms with Crippen LogP contribution in [-0.4, -0.2) is 32.4 Å². The second-order valence-electron chi connectivity index (χ2n) is 4.26. The first-order valence-electron chi connectivity index (χ1n) is 5.49. The van der Waals surface area contributed by atoms with Crippen LogP contribution >= 0.6 is 11.6 Å². The first-order valence-corrected chi connectivity index (χ1v) is 7.92. The first-order chi connectivity index (χ1) is 9.10. The van der Waals surface area contributed by atoms with Crippen LogP contribution in [0.4, 0.5) is 14.5 Å². The van der Waals surface area contributed by atoms with Crippen LogP contribution in [-0.2, 0) is 14.6 Å². The Hall–Kier alpha value is -1.25. The summed E-state index contributed by atoms with van der Waals surface area (Å²) in [6.07, 6.45) is 0.888. The second-order valence-corrected chi connectivity index (χ2v) is 6.93. The molecule has 3 N–H and O–H groups in total. The minimum absolute atomic E-state index is 0.120. The molecule has 5 nitrogen and oxygen atoms in total. The third-order valence-corrected chi connectivity index (χ3v) is 3.67. The molecular formula is C11H13ClF2N2O3S. The molecule has 1 atom stereocenters. The van der Waals surface area contributed by atoms with Crippen molar-refractivity contribution in [2.45, 2.75) is 12.5 Å². The zero-order valence-corrected chi connectivity index (χ0v) is 12.1. The molecule has 9 heteroatoms. The lowest BCUT2D eigenvalue weighted by Crippen LogP contribution is -2.37. The lowest BCUT2D eigenvalue weighted by Gasteiger charge is -2.13. The summed E-state index contributed by atoms with van der Waals surface area (Å²) in [5.41, 5.74) is 5.09. The predicted molar refractivity (Wildman–Crippen MR) is 72.3 cm³/mol. The molecule has 1 unspecified atom stereocenters. The Morgan fingerprint density at radius 3 is 2.55 bits per heavy atom. The third-order valence-electron chi connectivity index (χ3n) is 2.39. The fraction of sp³-hybridized carbons (Fsp3) is 0.364. The van der Waals surface area contributed by atoms with Crippen molar-refractivity contribution in [3.63, 3.8) is 0 Å². The molecule has 1 amide bonds. The highest BCUT2D eigenvalue weighted by atomic mass is 35.5. The maximum absolute atomic E-state index is 13.4. The molecule has 20 heavy (non-hydrogen) atoms. The average molecular weight is 327 g/mol. The van der Waals surface area contributed by atoms with Crippen molar-refractivity contribution in [2.24, 2.45) is 5.73 Å². The molecule has 112 valence electrons. The molecule has 0 fully saturated rings. The normalized spacial score (nSPS) is 13.1. The summed E-state index contributed by atoms with van der Waals surface area (Å²) in [7, 11) is -3.26. The fourth-order valence-corrected chi connectivity index (χ4v) is 2.27. The molecule has 0 saturated heterocycles. The van der Waals surface area contributed by atoms with Gasteiger partial charge in [-0.05, 0) is 12.5 Å². The number of carbonyl (C=O) groups is 1. The monoisotopic (exact) mass is 326 g/mol. The molecular weight excluding hydrogens is 314 g/mol. The smallest absolute Gasteiger partial charge is 0.241 e. The van der Waals surface area contributed by atoms with E-state index in [0.717, 1.165) is 12.3 Å². The van der Waals surface area contributed by atoms with Crippen LogP contribution in [0.5, 0.6) is 0 Å². The topological polar surface area (TPSA) is 89.3 Å². The van der Waals surface area contributed by atoms with Gasteiger partial charge < -0.3 is 11.1 Å². The van der Waals surface area contributed by atoms with E-state index in [9.17, 15) is 22.0 Å². The van der Waals surface area contributed by atoms with Crippen molar-refractivity contribution in [2.75, 3.05) is 17.3 Å². The summed E-state index contributed by atoms with van der Waals surface area (Å²) in [5.74, 6) is -3.01. The lowest BCUT2D eigenvalue weighted by molar-refractivity contribution is -0.117. The molecule has 0 bridgehead atoms.